The summed E-state index contributed by atoms with van der Waals surface area (Å²) in [4.78, 5) is 16.5. The van der Waals surface area contributed by atoms with Crippen LogP contribution in [0.3, 0.4) is 0 Å². The quantitative estimate of drug-likeness (QED) is 0.784. The fraction of sp³-hybridized carbons (Fsp3) is 0.375. The van der Waals surface area contributed by atoms with Gasteiger partial charge in [-0.15, -0.1) is 0 Å². The monoisotopic (exact) mass is 273 g/mol. The molecule has 4 heteroatoms. The molecule has 1 aromatic heterocycles. The van der Waals surface area contributed by atoms with Crippen LogP contribution in [0.25, 0.3) is 10.9 Å². The van der Waals surface area contributed by atoms with E-state index in [4.69, 9.17) is 9.47 Å². The molecule has 1 heterocycles. The van der Waals surface area contributed by atoms with Gasteiger partial charge in [0, 0.05) is 5.39 Å². The first kappa shape index (κ1) is 14.3. The molecule has 0 spiro atoms. The number of esters is 1. The summed E-state index contributed by atoms with van der Waals surface area (Å²) in [6, 6.07) is 7.62. The first-order valence-electron chi connectivity index (χ1n) is 6.84. The van der Waals surface area contributed by atoms with Gasteiger partial charge >= 0.3 is 5.97 Å². The molecule has 0 unspecified atom stereocenters. The van der Waals surface area contributed by atoms with Crippen molar-refractivity contribution in [2.75, 3.05) is 13.7 Å². The molecule has 0 atom stereocenters. The molecule has 0 aliphatic carbocycles. The number of nitrogens with zero attached hydrogens (tertiary/aromatic N) is 1. The van der Waals surface area contributed by atoms with Gasteiger partial charge in [-0.05, 0) is 43.2 Å². The van der Waals surface area contributed by atoms with E-state index in [2.05, 4.69) is 11.9 Å². The Morgan fingerprint density at radius 1 is 1.25 bits per heavy atom. The smallest absolute Gasteiger partial charge is 0.357 e. The number of aryl methyl sites for hydroxylation is 1. The number of rotatable bonds is 5. The number of methoxy groups -OCH3 is 1. The molecule has 4 nitrogen and oxygen atoms in total. The largest absolute Gasteiger partial charge is 0.497 e. The summed E-state index contributed by atoms with van der Waals surface area (Å²) in [5, 5.41) is 0.973. The summed E-state index contributed by atoms with van der Waals surface area (Å²) >= 11 is 0. The molecular formula is C16H19NO3. The molecule has 0 bridgehead atoms. The molecule has 0 saturated carbocycles. The van der Waals surface area contributed by atoms with Crippen LogP contribution in [0.5, 0.6) is 5.75 Å². The van der Waals surface area contributed by atoms with Crippen molar-refractivity contribution in [3.63, 3.8) is 0 Å². The highest BCUT2D eigenvalue weighted by molar-refractivity contribution is 5.93. The third-order valence-corrected chi connectivity index (χ3v) is 3.09. The number of carbonyl (C=O) groups is 1. The number of fused-ring (bicyclic) bond motifs is 1. The van der Waals surface area contributed by atoms with Gasteiger partial charge in [-0.1, -0.05) is 13.3 Å². The summed E-state index contributed by atoms with van der Waals surface area (Å²) in [7, 11) is 1.63. The fourth-order valence-corrected chi connectivity index (χ4v) is 2.16. The Balaban J connectivity index is 2.55. The summed E-state index contributed by atoms with van der Waals surface area (Å²) < 4.78 is 10.3. The molecule has 20 heavy (non-hydrogen) atoms. The van der Waals surface area contributed by atoms with E-state index in [1.807, 2.05) is 24.3 Å². The number of aromatic nitrogens is 1. The molecule has 0 radical (unpaired) electrons. The minimum absolute atomic E-state index is 0.353. The molecule has 0 N–H and O–H groups in total. The Bertz CT molecular complexity index is 622. The van der Waals surface area contributed by atoms with Crippen molar-refractivity contribution >= 4 is 16.9 Å². The van der Waals surface area contributed by atoms with Crippen LogP contribution in [0, 0.1) is 0 Å². The van der Waals surface area contributed by atoms with Crippen molar-refractivity contribution in [2.24, 2.45) is 0 Å². The van der Waals surface area contributed by atoms with E-state index in [9.17, 15) is 4.79 Å². The number of benzene rings is 1. The summed E-state index contributed by atoms with van der Waals surface area (Å²) in [6.07, 6.45) is 1.75. The summed E-state index contributed by atoms with van der Waals surface area (Å²) in [6.45, 7) is 4.22. The zero-order valence-corrected chi connectivity index (χ0v) is 12.1. The van der Waals surface area contributed by atoms with Crippen molar-refractivity contribution in [3.05, 3.63) is 35.5 Å². The molecule has 0 saturated heterocycles. The summed E-state index contributed by atoms with van der Waals surface area (Å²) in [5.41, 5.74) is 2.12. The third-order valence-electron chi connectivity index (χ3n) is 3.09. The molecule has 0 fully saturated rings. The molecule has 2 rings (SSSR count). The van der Waals surface area contributed by atoms with Crippen LogP contribution in [-0.4, -0.2) is 24.7 Å². The van der Waals surface area contributed by atoms with Crippen molar-refractivity contribution in [1.82, 2.24) is 4.98 Å². The first-order valence-corrected chi connectivity index (χ1v) is 6.84. The Morgan fingerprint density at radius 3 is 2.70 bits per heavy atom. The van der Waals surface area contributed by atoms with E-state index < -0.39 is 0 Å². The standard InChI is InChI=1S/C16H19NO3/c1-4-6-11-9-12-10-13(19-3)7-8-14(12)17-15(11)16(18)20-5-2/h7-10H,4-6H2,1-3H3. The zero-order chi connectivity index (χ0) is 14.5. The highest BCUT2D eigenvalue weighted by Gasteiger charge is 2.15. The van der Waals surface area contributed by atoms with Gasteiger partial charge in [-0.3, -0.25) is 0 Å². The second-order valence-electron chi connectivity index (χ2n) is 4.53. The minimum atomic E-state index is -0.353. The van der Waals surface area contributed by atoms with Crippen LogP contribution < -0.4 is 4.74 Å². The lowest BCUT2D eigenvalue weighted by atomic mass is 10.0. The van der Waals surface area contributed by atoms with Gasteiger partial charge in [0.2, 0.25) is 0 Å². The van der Waals surface area contributed by atoms with E-state index >= 15 is 0 Å². The molecule has 0 amide bonds. The van der Waals surface area contributed by atoms with Gasteiger partial charge in [0.1, 0.15) is 5.75 Å². The highest BCUT2D eigenvalue weighted by Crippen LogP contribution is 2.23. The summed E-state index contributed by atoms with van der Waals surface area (Å²) in [5.74, 6) is 0.430. The average molecular weight is 273 g/mol. The molecule has 0 aliphatic heterocycles. The lowest BCUT2D eigenvalue weighted by Gasteiger charge is -2.10. The van der Waals surface area contributed by atoms with Gasteiger partial charge in [-0.2, -0.15) is 0 Å². The van der Waals surface area contributed by atoms with Gasteiger partial charge in [0.15, 0.2) is 5.69 Å². The third kappa shape index (κ3) is 2.90. The van der Waals surface area contributed by atoms with Gasteiger partial charge < -0.3 is 9.47 Å². The number of carbonyl (C=O) groups excluding carboxylic acids is 1. The van der Waals surface area contributed by atoms with Gasteiger partial charge in [0.05, 0.1) is 19.2 Å². The van der Waals surface area contributed by atoms with Crippen molar-refractivity contribution < 1.29 is 14.3 Å². The first-order chi connectivity index (χ1) is 9.69. The number of pyridine rings is 1. The topological polar surface area (TPSA) is 48.4 Å². The molecular weight excluding hydrogens is 254 g/mol. The predicted octanol–water partition coefficient (Wildman–Crippen LogP) is 3.37. The number of hydrogen-bond donors (Lipinski definition) is 0. The van der Waals surface area contributed by atoms with E-state index in [0.717, 1.165) is 35.1 Å². The van der Waals surface area contributed by atoms with E-state index in [0.29, 0.717) is 12.3 Å². The maximum atomic E-state index is 12.0. The van der Waals surface area contributed by atoms with E-state index in [1.165, 1.54) is 0 Å². The normalized spacial score (nSPS) is 10.6. The Kier molecular flexibility index (Phi) is 4.56. The van der Waals surface area contributed by atoms with Crippen LogP contribution in [0.1, 0.15) is 36.3 Å². The van der Waals surface area contributed by atoms with Crippen molar-refractivity contribution in [3.8, 4) is 5.75 Å². The van der Waals surface area contributed by atoms with Crippen LogP contribution in [0.15, 0.2) is 24.3 Å². The van der Waals surface area contributed by atoms with E-state index in [-0.39, 0.29) is 5.97 Å². The maximum absolute atomic E-state index is 12.0. The van der Waals surface area contributed by atoms with Crippen molar-refractivity contribution in [2.45, 2.75) is 26.7 Å². The fourth-order valence-electron chi connectivity index (χ4n) is 2.16. The molecule has 0 aliphatic rings. The molecule has 2 aromatic rings. The minimum Gasteiger partial charge on any atom is -0.497 e. The SMILES string of the molecule is CCCc1cc2cc(OC)ccc2nc1C(=O)OCC. The molecule has 1 aromatic carbocycles. The number of ether oxygens (including phenoxy) is 2. The van der Waals surface area contributed by atoms with Crippen LogP contribution in [0.2, 0.25) is 0 Å². The van der Waals surface area contributed by atoms with Crippen molar-refractivity contribution in [1.29, 1.82) is 0 Å². The second kappa shape index (κ2) is 6.37. The van der Waals surface area contributed by atoms with Crippen LogP contribution in [0.4, 0.5) is 0 Å². The molecule has 106 valence electrons. The Hall–Kier alpha value is -2.10. The average Bonchev–Trinajstić information content (AvgIpc) is 2.46. The second-order valence-corrected chi connectivity index (χ2v) is 4.53. The lowest BCUT2D eigenvalue weighted by Crippen LogP contribution is -2.11. The number of hydrogen-bond acceptors (Lipinski definition) is 4. The van der Waals surface area contributed by atoms with Crippen LogP contribution >= 0.6 is 0 Å². The van der Waals surface area contributed by atoms with Crippen LogP contribution in [-0.2, 0) is 11.2 Å². The maximum Gasteiger partial charge on any atom is 0.357 e. The van der Waals surface area contributed by atoms with E-state index in [1.54, 1.807) is 14.0 Å². The van der Waals surface area contributed by atoms with Gasteiger partial charge in [-0.25, -0.2) is 9.78 Å². The zero-order valence-electron chi connectivity index (χ0n) is 12.1. The Morgan fingerprint density at radius 2 is 2.05 bits per heavy atom. The van der Waals surface area contributed by atoms with Gasteiger partial charge in [0.25, 0.3) is 0 Å². The lowest BCUT2D eigenvalue weighted by molar-refractivity contribution is 0.0518. The highest BCUT2D eigenvalue weighted by atomic mass is 16.5. The predicted molar refractivity (Wildman–Crippen MR) is 78.2 cm³/mol. The Labute approximate surface area is 118 Å².